The van der Waals surface area contributed by atoms with Crippen LogP contribution in [0.3, 0.4) is 0 Å². The summed E-state index contributed by atoms with van der Waals surface area (Å²) in [5, 5.41) is 11.1. The van der Waals surface area contributed by atoms with Crippen molar-refractivity contribution < 1.29 is 19.1 Å². The number of aliphatic hydroxyl groups is 1. The molecule has 1 aliphatic heterocycles. The summed E-state index contributed by atoms with van der Waals surface area (Å²) in [6, 6.07) is 17.5. The molecule has 2 heterocycles. The molecule has 4 rings (SSSR count). The molecule has 0 radical (unpaired) electrons. The lowest BCUT2D eigenvalue weighted by Gasteiger charge is -2.26. The number of benzene rings is 2. The molecule has 1 aliphatic rings. The van der Waals surface area contributed by atoms with E-state index in [-0.39, 0.29) is 17.9 Å². The maximum absolute atomic E-state index is 13.1. The Morgan fingerprint density at radius 2 is 1.70 bits per heavy atom. The maximum Gasteiger partial charge on any atom is 0.296 e. The van der Waals surface area contributed by atoms with E-state index in [4.69, 9.17) is 4.42 Å². The summed E-state index contributed by atoms with van der Waals surface area (Å²) >= 11 is 3.38. The molecular formula is C26H25BrN2O4. The zero-order valence-electron chi connectivity index (χ0n) is 18.5. The number of aliphatic hydroxyl groups excluding tert-OH is 1. The largest absolute Gasteiger partial charge is 0.507 e. The highest BCUT2D eigenvalue weighted by Crippen LogP contribution is 2.40. The molecule has 1 unspecified atom stereocenters. The molecule has 0 bridgehead atoms. The van der Waals surface area contributed by atoms with E-state index in [1.165, 1.54) is 11.2 Å². The first-order chi connectivity index (χ1) is 15.9. The highest BCUT2D eigenvalue weighted by atomic mass is 79.9. The van der Waals surface area contributed by atoms with Gasteiger partial charge in [-0.15, -0.1) is 0 Å². The summed E-state index contributed by atoms with van der Waals surface area (Å²) < 4.78 is 6.29. The number of carbonyl (C=O) groups is 2. The number of likely N-dealkylation sites (tertiary alicyclic amines) is 1. The number of nitrogens with zero attached hydrogens (tertiary/aromatic N) is 2. The molecular weight excluding hydrogens is 484 g/mol. The van der Waals surface area contributed by atoms with E-state index < -0.39 is 17.7 Å². The minimum atomic E-state index is -0.732. The lowest BCUT2D eigenvalue weighted by Crippen LogP contribution is -2.29. The van der Waals surface area contributed by atoms with Gasteiger partial charge in [0.2, 0.25) is 0 Å². The Kier molecular flexibility index (Phi) is 6.70. The summed E-state index contributed by atoms with van der Waals surface area (Å²) in [7, 11) is 0. The van der Waals surface area contributed by atoms with Crippen molar-refractivity contribution in [2.75, 3.05) is 18.0 Å². The van der Waals surface area contributed by atoms with Crippen LogP contribution in [0.5, 0.6) is 0 Å². The van der Waals surface area contributed by atoms with E-state index >= 15 is 0 Å². The zero-order valence-corrected chi connectivity index (χ0v) is 20.1. The number of rotatable bonds is 7. The SMILES string of the molecule is CCN(CC)c1ccc(C2/C(=C(\O)c3ccc(Br)cc3)C(=O)C(=O)N2Cc2ccco2)cc1. The second-order valence-corrected chi connectivity index (χ2v) is 8.69. The van der Waals surface area contributed by atoms with Crippen molar-refractivity contribution >= 4 is 39.1 Å². The van der Waals surface area contributed by atoms with Crippen LogP contribution in [0.1, 0.15) is 36.8 Å². The number of furan rings is 1. The molecule has 3 aromatic rings. The fourth-order valence-electron chi connectivity index (χ4n) is 4.18. The Hall–Kier alpha value is -3.32. The molecule has 0 saturated carbocycles. The minimum Gasteiger partial charge on any atom is -0.507 e. The van der Waals surface area contributed by atoms with Crippen LogP contribution >= 0.6 is 15.9 Å². The van der Waals surface area contributed by atoms with Gasteiger partial charge in [-0.05, 0) is 55.8 Å². The van der Waals surface area contributed by atoms with Crippen LogP contribution in [0, 0.1) is 0 Å². The average Bonchev–Trinajstić information content (AvgIpc) is 3.43. The Labute approximate surface area is 201 Å². The molecule has 1 N–H and O–H groups in total. The Morgan fingerprint density at radius 3 is 2.27 bits per heavy atom. The zero-order chi connectivity index (χ0) is 23.5. The molecule has 6 nitrogen and oxygen atoms in total. The van der Waals surface area contributed by atoms with E-state index in [0.29, 0.717) is 11.3 Å². The van der Waals surface area contributed by atoms with Crippen LogP contribution in [0.25, 0.3) is 5.76 Å². The van der Waals surface area contributed by atoms with E-state index in [9.17, 15) is 14.7 Å². The van der Waals surface area contributed by atoms with E-state index in [1.807, 2.05) is 24.3 Å². The van der Waals surface area contributed by atoms with E-state index in [0.717, 1.165) is 28.8 Å². The Morgan fingerprint density at radius 1 is 1.03 bits per heavy atom. The highest BCUT2D eigenvalue weighted by Gasteiger charge is 2.46. The van der Waals surface area contributed by atoms with Gasteiger partial charge >= 0.3 is 0 Å². The van der Waals surface area contributed by atoms with Gasteiger partial charge < -0.3 is 19.3 Å². The van der Waals surface area contributed by atoms with E-state index in [2.05, 4.69) is 34.7 Å². The lowest BCUT2D eigenvalue weighted by molar-refractivity contribution is -0.140. The third-order valence-electron chi connectivity index (χ3n) is 5.90. The number of anilines is 1. The first-order valence-corrected chi connectivity index (χ1v) is 11.7. The summed E-state index contributed by atoms with van der Waals surface area (Å²) in [5.74, 6) is -1.01. The molecule has 2 aromatic carbocycles. The van der Waals surface area contributed by atoms with Crippen LogP contribution in [-0.4, -0.2) is 34.8 Å². The third kappa shape index (κ3) is 4.46. The molecule has 170 valence electrons. The van der Waals surface area contributed by atoms with Crippen molar-refractivity contribution in [3.05, 3.63) is 93.9 Å². The van der Waals surface area contributed by atoms with Crippen molar-refractivity contribution in [3.8, 4) is 0 Å². The number of amides is 1. The van der Waals surface area contributed by atoms with Crippen LogP contribution in [0.2, 0.25) is 0 Å². The van der Waals surface area contributed by atoms with Crippen LogP contribution in [-0.2, 0) is 16.1 Å². The van der Waals surface area contributed by atoms with Gasteiger partial charge in [0.15, 0.2) is 0 Å². The normalized spacial score (nSPS) is 17.5. The number of ketones is 1. The molecule has 1 fully saturated rings. The predicted octanol–water partition coefficient (Wildman–Crippen LogP) is 5.51. The predicted molar refractivity (Wildman–Crippen MR) is 131 cm³/mol. The van der Waals surface area contributed by atoms with Gasteiger partial charge in [0.1, 0.15) is 11.5 Å². The van der Waals surface area contributed by atoms with Gasteiger partial charge in [-0.1, -0.05) is 40.2 Å². The van der Waals surface area contributed by atoms with Crippen molar-refractivity contribution in [1.82, 2.24) is 4.90 Å². The van der Waals surface area contributed by atoms with Crippen molar-refractivity contribution in [1.29, 1.82) is 0 Å². The van der Waals surface area contributed by atoms with Crippen molar-refractivity contribution in [2.24, 2.45) is 0 Å². The van der Waals surface area contributed by atoms with Crippen LogP contribution in [0.4, 0.5) is 5.69 Å². The third-order valence-corrected chi connectivity index (χ3v) is 6.43. The fourth-order valence-corrected chi connectivity index (χ4v) is 4.44. The maximum atomic E-state index is 13.1. The summed E-state index contributed by atoms with van der Waals surface area (Å²) in [4.78, 5) is 29.8. The smallest absolute Gasteiger partial charge is 0.296 e. The van der Waals surface area contributed by atoms with Gasteiger partial charge in [-0.25, -0.2) is 0 Å². The second-order valence-electron chi connectivity index (χ2n) is 7.78. The lowest BCUT2D eigenvalue weighted by atomic mass is 9.95. The van der Waals surface area contributed by atoms with Gasteiger partial charge in [0, 0.05) is 28.8 Å². The summed E-state index contributed by atoms with van der Waals surface area (Å²) in [6.45, 7) is 6.05. The Balaban J connectivity index is 1.82. The van der Waals surface area contributed by atoms with Crippen LogP contribution < -0.4 is 4.90 Å². The molecule has 0 aliphatic carbocycles. The monoisotopic (exact) mass is 508 g/mol. The Bertz CT molecular complexity index is 1160. The summed E-state index contributed by atoms with van der Waals surface area (Å²) in [6.07, 6.45) is 1.53. The molecule has 7 heteroatoms. The number of hydrogen-bond acceptors (Lipinski definition) is 5. The number of Topliss-reactive ketones (excluding diaryl/α,β-unsaturated/α-hetero) is 1. The average molecular weight is 509 g/mol. The molecule has 1 aromatic heterocycles. The quantitative estimate of drug-likeness (QED) is 0.258. The topological polar surface area (TPSA) is 74.0 Å². The van der Waals surface area contributed by atoms with E-state index in [1.54, 1.807) is 36.4 Å². The summed E-state index contributed by atoms with van der Waals surface area (Å²) in [5.41, 5.74) is 2.35. The number of halogens is 1. The molecule has 33 heavy (non-hydrogen) atoms. The molecule has 1 atom stereocenters. The first kappa shape index (κ1) is 22.9. The van der Waals surface area contributed by atoms with Crippen LogP contribution in [0.15, 0.2) is 81.4 Å². The molecule has 1 amide bonds. The fraction of sp³-hybridized carbons (Fsp3) is 0.231. The van der Waals surface area contributed by atoms with Gasteiger partial charge in [-0.3, -0.25) is 9.59 Å². The number of carbonyl (C=O) groups excluding carboxylic acids is 2. The first-order valence-electron chi connectivity index (χ1n) is 10.9. The van der Waals surface area contributed by atoms with Crippen molar-refractivity contribution in [2.45, 2.75) is 26.4 Å². The molecule has 0 spiro atoms. The van der Waals surface area contributed by atoms with Gasteiger partial charge in [0.25, 0.3) is 11.7 Å². The van der Waals surface area contributed by atoms with Gasteiger partial charge in [0.05, 0.1) is 24.4 Å². The van der Waals surface area contributed by atoms with Crippen molar-refractivity contribution in [3.63, 3.8) is 0 Å². The standard InChI is InChI=1S/C26H25BrN2O4/c1-3-28(4-2)20-13-9-17(10-14-20)23-22(24(30)18-7-11-19(27)12-8-18)25(31)26(32)29(23)16-21-6-5-15-33-21/h5-15,23,30H,3-4,16H2,1-2H3/b24-22+. The van der Waals surface area contributed by atoms with Gasteiger partial charge in [-0.2, -0.15) is 0 Å². The molecule has 1 saturated heterocycles. The minimum absolute atomic E-state index is 0.0736. The highest BCUT2D eigenvalue weighted by molar-refractivity contribution is 9.10. The second kappa shape index (κ2) is 9.67. The number of hydrogen-bond donors (Lipinski definition) is 1.